The van der Waals surface area contributed by atoms with Crippen LogP contribution >= 0.6 is 11.6 Å². The van der Waals surface area contributed by atoms with Crippen LogP contribution in [0.3, 0.4) is 0 Å². The molecule has 36 heavy (non-hydrogen) atoms. The average molecular weight is 522 g/mol. The molecule has 1 amide bonds. The van der Waals surface area contributed by atoms with Crippen molar-refractivity contribution in [2.45, 2.75) is 11.8 Å². The van der Waals surface area contributed by atoms with E-state index in [1.165, 1.54) is 4.31 Å². The highest BCUT2D eigenvalue weighted by Crippen LogP contribution is 2.25. The number of pyridine rings is 1. The van der Waals surface area contributed by atoms with Crippen LogP contribution in [0.15, 0.2) is 83.8 Å². The van der Waals surface area contributed by atoms with Crippen LogP contribution in [0.5, 0.6) is 0 Å². The van der Waals surface area contributed by atoms with E-state index in [0.29, 0.717) is 35.1 Å². The molecule has 4 aromatic rings. The maximum absolute atomic E-state index is 13.2. The topological polar surface area (TPSA) is 84.6 Å². The fourth-order valence-corrected chi connectivity index (χ4v) is 6.06. The summed E-state index contributed by atoms with van der Waals surface area (Å²) in [5.74, 6) is -0.166. The quantitative estimate of drug-likeness (QED) is 0.297. The fourth-order valence-electron chi connectivity index (χ4n) is 4.42. The summed E-state index contributed by atoms with van der Waals surface area (Å²) in [5.41, 5.74) is 2.32. The Bertz CT molecular complexity index is 1560. The van der Waals surface area contributed by atoms with Crippen LogP contribution in [0.4, 0.5) is 0 Å². The Hall–Kier alpha value is -3.46. The number of halogens is 1. The number of hydrogen-bond acceptors (Lipinski definition) is 4. The van der Waals surface area contributed by atoms with Gasteiger partial charge >= 0.3 is 0 Å². The van der Waals surface area contributed by atoms with Crippen molar-refractivity contribution in [1.82, 2.24) is 9.21 Å². The van der Waals surface area contributed by atoms with Gasteiger partial charge in [-0.1, -0.05) is 23.7 Å². The van der Waals surface area contributed by atoms with Crippen molar-refractivity contribution in [1.29, 1.82) is 0 Å². The first-order chi connectivity index (χ1) is 17.2. The van der Waals surface area contributed by atoms with Crippen molar-refractivity contribution in [2.75, 3.05) is 26.2 Å². The summed E-state index contributed by atoms with van der Waals surface area (Å²) < 4.78 is 28.8. The van der Waals surface area contributed by atoms with Gasteiger partial charge in [-0.15, -0.1) is 0 Å². The molecule has 184 valence electrons. The smallest absolute Gasteiger partial charge is 0.253 e. The molecule has 1 aliphatic heterocycles. The molecule has 7 nitrogen and oxygen atoms in total. The third-order valence-corrected chi connectivity index (χ3v) is 8.63. The van der Waals surface area contributed by atoms with Crippen LogP contribution in [-0.4, -0.2) is 49.7 Å². The largest absolute Gasteiger partial charge is 0.618 e. The van der Waals surface area contributed by atoms with Gasteiger partial charge in [-0.3, -0.25) is 4.79 Å². The summed E-state index contributed by atoms with van der Waals surface area (Å²) in [6, 6.07) is 22.5. The Kier molecular flexibility index (Phi) is 6.42. The number of aromatic nitrogens is 1. The molecule has 1 saturated heterocycles. The third kappa shape index (κ3) is 4.55. The summed E-state index contributed by atoms with van der Waals surface area (Å²) >= 11 is 6.03. The lowest BCUT2D eigenvalue weighted by molar-refractivity contribution is -0.600. The van der Waals surface area contributed by atoms with E-state index in [0.717, 1.165) is 21.1 Å². The SMILES string of the molecule is Cc1cccc(-c2ccc(C(=O)N3CCN(S(=O)(=O)c4ccc5cc(Cl)ccc5c4)CC3)cc2)[n+]1[O-]. The van der Waals surface area contributed by atoms with Gasteiger partial charge in [0.15, 0.2) is 5.69 Å². The molecule has 0 aliphatic carbocycles. The molecule has 3 aromatic carbocycles. The van der Waals surface area contributed by atoms with Crippen LogP contribution < -0.4 is 4.73 Å². The molecular formula is C27H24ClN3O4S. The van der Waals surface area contributed by atoms with Crippen LogP contribution in [0.25, 0.3) is 22.0 Å². The number of aryl methyl sites for hydroxylation is 1. The molecule has 1 aliphatic rings. The van der Waals surface area contributed by atoms with E-state index in [4.69, 9.17) is 11.6 Å². The normalized spacial score (nSPS) is 14.8. The van der Waals surface area contributed by atoms with Gasteiger partial charge in [0.05, 0.1) is 4.90 Å². The lowest BCUT2D eigenvalue weighted by Gasteiger charge is -2.34. The van der Waals surface area contributed by atoms with Crippen molar-refractivity contribution in [3.8, 4) is 11.3 Å². The number of carbonyl (C=O) groups is 1. The predicted molar refractivity (Wildman–Crippen MR) is 139 cm³/mol. The molecule has 1 fully saturated rings. The number of benzene rings is 3. The van der Waals surface area contributed by atoms with Crippen LogP contribution in [0.1, 0.15) is 16.1 Å². The summed E-state index contributed by atoms with van der Waals surface area (Å²) in [5, 5.41) is 14.6. The second kappa shape index (κ2) is 9.54. The maximum atomic E-state index is 13.2. The van der Waals surface area contributed by atoms with E-state index in [9.17, 15) is 18.4 Å². The van der Waals surface area contributed by atoms with Gasteiger partial charge in [-0.2, -0.15) is 9.04 Å². The van der Waals surface area contributed by atoms with Gasteiger partial charge in [-0.05, 0) is 65.4 Å². The Morgan fingerprint density at radius 2 is 1.56 bits per heavy atom. The van der Waals surface area contributed by atoms with E-state index < -0.39 is 10.0 Å². The summed E-state index contributed by atoms with van der Waals surface area (Å²) in [6.07, 6.45) is 0. The maximum Gasteiger partial charge on any atom is 0.253 e. The summed E-state index contributed by atoms with van der Waals surface area (Å²) in [4.78, 5) is 14.9. The number of amides is 1. The average Bonchev–Trinajstić information content (AvgIpc) is 2.89. The first-order valence-electron chi connectivity index (χ1n) is 11.5. The number of nitrogens with zero attached hydrogens (tertiary/aromatic N) is 3. The lowest BCUT2D eigenvalue weighted by Crippen LogP contribution is -2.50. The minimum atomic E-state index is -3.69. The molecule has 0 spiro atoms. The Morgan fingerprint density at radius 3 is 2.28 bits per heavy atom. The second-order valence-electron chi connectivity index (χ2n) is 8.77. The standard InChI is InChI=1S/C27H24ClN3O4S/c1-19-3-2-4-26(31(19)33)20-5-7-21(8-6-20)27(32)29-13-15-30(16-14-29)36(34,35)25-12-10-22-17-24(28)11-9-23(22)18-25/h2-12,17-18H,13-16H2,1H3. The molecule has 5 rings (SSSR count). The highest BCUT2D eigenvalue weighted by molar-refractivity contribution is 7.89. The van der Waals surface area contributed by atoms with Gasteiger partial charge in [0.1, 0.15) is 0 Å². The molecule has 1 aromatic heterocycles. The zero-order valence-corrected chi connectivity index (χ0v) is 21.2. The highest BCUT2D eigenvalue weighted by atomic mass is 35.5. The monoisotopic (exact) mass is 521 g/mol. The number of fused-ring (bicyclic) bond motifs is 1. The molecular weight excluding hydrogens is 498 g/mol. The molecule has 9 heteroatoms. The van der Waals surface area contributed by atoms with E-state index in [1.807, 2.05) is 6.07 Å². The van der Waals surface area contributed by atoms with Gasteiger partial charge in [-0.25, -0.2) is 8.42 Å². The molecule has 0 bridgehead atoms. The van der Waals surface area contributed by atoms with Gasteiger partial charge < -0.3 is 10.1 Å². The Balaban J connectivity index is 1.27. The summed E-state index contributed by atoms with van der Waals surface area (Å²) in [7, 11) is -3.69. The van der Waals surface area contributed by atoms with Gasteiger partial charge in [0.2, 0.25) is 15.7 Å². The number of sulfonamides is 1. The summed E-state index contributed by atoms with van der Waals surface area (Å²) in [6.45, 7) is 2.75. The molecule has 2 heterocycles. The minimum Gasteiger partial charge on any atom is -0.618 e. The second-order valence-corrected chi connectivity index (χ2v) is 11.1. The molecule has 0 atom stereocenters. The lowest BCUT2D eigenvalue weighted by atomic mass is 10.1. The van der Waals surface area contributed by atoms with Crippen LogP contribution in [0, 0.1) is 12.1 Å². The molecule has 0 N–H and O–H groups in total. The number of rotatable bonds is 4. The zero-order chi connectivity index (χ0) is 25.4. The van der Waals surface area contributed by atoms with Crippen LogP contribution in [-0.2, 0) is 10.0 Å². The molecule has 0 saturated carbocycles. The highest BCUT2D eigenvalue weighted by Gasteiger charge is 2.30. The van der Waals surface area contributed by atoms with E-state index in [-0.39, 0.29) is 23.9 Å². The van der Waals surface area contributed by atoms with Gasteiger partial charge in [0, 0.05) is 61.4 Å². The predicted octanol–water partition coefficient (Wildman–Crippen LogP) is 4.25. The third-order valence-electron chi connectivity index (χ3n) is 6.50. The minimum absolute atomic E-state index is 0.166. The van der Waals surface area contributed by atoms with E-state index in [2.05, 4.69) is 0 Å². The molecule has 0 radical (unpaired) electrons. The fraction of sp³-hybridized carbons (Fsp3) is 0.185. The first-order valence-corrected chi connectivity index (χ1v) is 13.3. The van der Waals surface area contributed by atoms with E-state index in [1.54, 1.807) is 84.6 Å². The van der Waals surface area contributed by atoms with Crippen molar-refractivity contribution in [3.05, 3.63) is 100 Å². The van der Waals surface area contributed by atoms with Crippen molar-refractivity contribution < 1.29 is 17.9 Å². The Labute approximate surface area is 214 Å². The number of piperazine rings is 1. The Morgan fingerprint density at radius 1 is 0.889 bits per heavy atom. The number of carbonyl (C=O) groups excluding carboxylic acids is 1. The first kappa shape index (κ1) is 24.2. The molecule has 0 unspecified atom stereocenters. The van der Waals surface area contributed by atoms with Crippen molar-refractivity contribution in [2.24, 2.45) is 0 Å². The zero-order valence-electron chi connectivity index (χ0n) is 19.6. The van der Waals surface area contributed by atoms with E-state index >= 15 is 0 Å². The van der Waals surface area contributed by atoms with Crippen molar-refractivity contribution in [3.63, 3.8) is 0 Å². The van der Waals surface area contributed by atoms with Crippen LogP contribution in [0.2, 0.25) is 5.02 Å². The van der Waals surface area contributed by atoms with Crippen molar-refractivity contribution >= 4 is 38.3 Å². The van der Waals surface area contributed by atoms with Gasteiger partial charge in [0.25, 0.3) is 5.91 Å². The number of hydrogen-bond donors (Lipinski definition) is 0.